The molecule has 4 rings (SSSR count). The van der Waals surface area contributed by atoms with Gasteiger partial charge in [-0.1, -0.05) is 42.1 Å². The first-order valence-corrected chi connectivity index (χ1v) is 11.3. The second-order valence-electron chi connectivity index (χ2n) is 6.72. The van der Waals surface area contributed by atoms with Crippen LogP contribution in [0.1, 0.15) is 29.3 Å². The van der Waals surface area contributed by atoms with Crippen molar-refractivity contribution >= 4 is 39.3 Å². The molecule has 5 nitrogen and oxygen atoms in total. The summed E-state index contributed by atoms with van der Waals surface area (Å²) < 4.78 is 6.77. The molecule has 0 saturated carbocycles. The molecule has 0 atom stereocenters. The van der Waals surface area contributed by atoms with Gasteiger partial charge in [-0.3, -0.25) is 14.2 Å². The standard InChI is InChI=1S/C21H22N2O3S2/c1-2-26-17(24)13-27-21-22-19-18(15-9-6-10-16(15)28-19)20(25)23(21)12-11-14-7-4-3-5-8-14/h3-5,7-8H,2,6,9-13H2,1H3. The summed E-state index contributed by atoms with van der Waals surface area (Å²) in [6, 6.07) is 10.1. The summed E-state index contributed by atoms with van der Waals surface area (Å²) in [5.74, 6) is -0.132. The average Bonchev–Trinajstić information content (AvgIpc) is 3.27. The zero-order valence-corrected chi connectivity index (χ0v) is 17.4. The van der Waals surface area contributed by atoms with E-state index in [1.807, 2.05) is 18.2 Å². The van der Waals surface area contributed by atoms with E-state index in [9.17, 15) is 9.59 Å². The molecule has 0 unspecified atom stereocenters. The monoisotopic (exact) mass is 414 g/mol. The van der Waals surface area contributed by atoms with E-state index in [1.54, 1.807) is 22.8 Å². The van der Waals surface area contributed by atoms with Crippen molar-refractivity contribution in [1.29, 1.82) is 0 Å². The SMILES string of the molecule is CCOC(=O)CSc1nc2sc3c(c2c(=O)n1CCc1ccccc1)CCC3. The van der Waals surface area contributed by atoms with E-state index < -0.39 is 0 Å². The summed E-state index contributed by atoms with van der Waals surface area (Å²) in [7, 11) is 0. The molecule has 7 heteroatoms. The fourth-order valence-corrected chi connectivity index (χ4v) is 5.70. The van der Waals surface area contributed by atoms with Gasteiger partial charge < -0.3 is 4.74 Å². The highest BCUT2D eigenvalue weighted by atomic mass is 32.2. The van der Waals surface area contributed by atoms with Gasteiger partial charge in [-0.2, -0.15) is 0 Å². The largest absolute Gasteiger partial charge is 0.465 e. The number of nitrogens with zero attached hydrogens (tertiary/aromatic N) is 2. The molecule has 28 heavy (non-hydrogen) atoms. The lowest BCUT2D eigenvalue weighted by molar-refractivity contribution is -0.139. The molecular weight excluding hydrogens is 392 g/mol. The number of aryl methyl sites for hydroxylation is 3. The zero-order chi connectivity index (χ0) is 19.5. The molecule has 1 aliphatic rings. The van der Waals surface area contributed by atoms with Gasteiger partial charge in [-0.15, -0.1) is 11.3 Å². The number of rotatable bonds is 7. The Morgan fingerprint density at radius 1 is 1.29 bits per heavy atom. The number of hydrogen-bond acceptors (Lipinski definition) is 6. The predicted molar refractivity (Wildman–Crippen MR) is 113 cm³/mol. The van der Waals surface area contributed by atoms with Crippen LogP contribution >= 0.6 is 23.1 Å². The molecule has 0 spiro atoms. The Labute approximate surface area is 171 Å². The minimum atomic E-state index is -0.287. The van der Waals surface area contributed by atoms with Gasteiger partial charge in [0.25, 0.3) is 5.56 Å². The van der Waals surface area contributed by atoms with E-state index in [0.717, 1.165) is 35.9 Å². The quantitative estimate of drug-likeness (QED) is 0.334. The number of thiophene rings is 1. The normalized spacial score (nSPS) is 13.0. The van der Waals surface area contributed by atoms with Crippen molar-refractivity contribution in [3.05, 3.63) is 56.7 Å². The van der Waals surface area contributed by atoms with Crippen LogP contribution in [-0.2, 0) is 35.3 Å². The molecule has 0 saturated heterocycles. The van der Waals surface area contributed by atoms with Crippen molar-refractivity contribution in [2.75, 3.05) is 12.4 Å². The van der Waals surface area contributed by atoms with Crippen molar-refractivity contribution < 1.29 is 9.53 Å². The predicted octanol–water partition coefficient (Wildman–Crippen LogP) is 3.84. The molecule has 0 N–H and O–H groups in total. The zero-order valence-electron chi connectivity index (χ0n) is 15.8. The smallest absolute Gasteiger partial charge is 0.316 e. The van der Waals surface area contributed by atoms with Crippen molar-refractivity contribution in [2.24, 2.45) is 0 Å². The first kappa shape index (κ1) is 19.2. The van der Waals surface area contributed by atoms with Crippen molar-refractivity contribution in [3.63, 3.8) is 0 Å². The molecular formula is C21H22N2O3S2. The molecule has 0 fully saturated rings. The maximum Gasteiger partial charge on any atom is 0.316 e. The van der Waals surface area contributed by atoms with Gasteiger partial charge >= 0.3 is 5.97 Å². The number of thioether (sulfide) groups is 1. The lowest BCUT2D eigenvalue weighted by atomic mass is 10.1. The number of fused-ring (bicyclic) bond motifs is 3. The fourth-order valence-electron chi connectivity index (χ4n) is 3.58. The molecule has 1 aromatic carbocycles. The summed E-state index contributed by atoms with van der Waals surface area (Å²) >= 11 is 2.91. The van der Waals surface area contributed by atoms with Gasteiger partial charge in [0.2, 0.25) is 0 Å². The maximum absolute atomic E-state index is 13.4. The Hall–Kier alpha value is -2.12. The summed E-state index contributed by atoms with van der Waals surface area (Å²) in [5, 5.41) is 1.38. The maximum atomic E-state index is 13.4. The Morgan fingerprint density at radius 2 is 2.11 bits per heavy atom. The average molecular weight is 415 g/mol. The van der Waals surface area contributed by atoms with Crippen LogP contribution < -0.4 is 5.56 Å². The molecule has 1 aliphatic carbocycles. The summed E-state index contributed by atoms with van der Waals surface area (Å²) in [5.41, 5.74) is 2.38. The Bertz CT molecular complexity index is 1060. The van der Waals surface area contributed by atoms with Crippen LogP contribution in [0.2, 0.25) is 0 Å². The lowest BCUT2D eigenvalue weighted by Crippen LogP contribution is -2.25. The topological polar surface area (TPSA) is 61.2 Å². The second-order valence-corrected chi connectivity index (χ2v) is 8.74. The van der Waals surface area contributed by atoms with Crippen LogP contribution in [0.3, 0.4) is 0 Å². The van der Waals surface area contributed by atoms with Gasteiger partial charge in [0.05, 0.1) is 17.7 Å². The number of carbonyl (C=O) groups is 1. The first-order valence-electron chi connectivity index (χ1n) is 9.54. The highest BCUT2D eigenvalue weighted by molar-refractivity contribution is 7.99. The third-order valence-electron chi connectivity index (χ3n) is 4.88. The first-order chi connectivity index (χ1) is 13.7. The van der Waals surface area contributed by atoms with Gasteiger partial charge in [0.15, 0.2) is 5.16 Å². The molecule has 0 bridgehead atoms. The van der Waals surface area contributed by atoms with Gasteiger partial charge in [0, 0.05) is 11.4 Å². The summed E-state index contributed by atoms with van der Waals surface area (Å²) in [6.07, 6.45) is 3.85. The minimum absolute atomic E-state index is 0.0201. The third-order valence-corrected chi connectivity index (χ3v) is 7.02. The molecule has 146 valence electrons. The van der Waals surface area contributed by atoms with Crippen LogP contribution in [0.25, 0.3) is 10.2 Å². The van der Waals surface area contributed by atoms with Gasteiger partial charge in [0.1, 0.15) is 4.83 Å². The summed E-state index contributed by atoms with van der Waals surface area (Å²) in [4.78, 5) is 32.1. The van der Waals surface area contributed by atoms with Crippen LogP contribution in [0.15, 0.2) is 40.3 Å². The van der Waals surface area contributed by atoms with Crippen molar-refractivity contribution in [1.82, 2.24) is 9.55 Å². The molecule has 0 aliphatic heterocycles. The number of benzene rings is 1. The van der Waals surface area contributed by atoms with E-state index in [4.69, 9.17) is 9.72 Å². The van der Waals surface area contributed by atoms with E-state index in [-0.39, 0.29) is 17.3 Å². The molecule has 2 aromatic heterocycles. The van der Waals surface area contributed by atoms with Crippen molar-refractivity contribution in [2.45, 2.75) is 44.3 Å². The van der Waals surface area contributed by atoms with E-state index in [1.165, 1.54) is 27.8 Å². The van der Waals surface area contributed by atoms with E-state index >= 15 is 0 Å². The second kappa shape index (κ2) is 8.49. The van der Waals surface area contributed by atoms with Crippen LogP contribution in [0, 0.1) is 0 Å². The fraction of sp³-hybridized carbons (Fsp3) is 0.381. The number of ether oxygens (including phenoxy) is 1. The number of hydrogen-bond donors (Lipinski definition) is 0. The highest BCUT2D eigenvalue weighted by Crippen LogP contribution is 2.35. The number of carbonyl (C=O) groups excluding carboxylic acids is 1. The van der Waals surface area contributed by atoms with E-state index in [2.05, 4.69) is 12.1 Å². The van der Waals surface area contributed by atoms with Crippen LogP contribution in [0.4, 0.5) is 0 Å². The third kappa shape index (κ3) is 3.86. The lowest BCUT2D eigenvalue weighted by Gasteiger charge is -2.12. The highest BCUT2D eigenvalue weighted by Gasteiger charge is 2.23. The van der Waals surface area contributed by atoms with Gasteiger partial charge in [-0.25, -0.2) is 4.98 Å². The molecule has 0 radical (unpaired) electrons. The Morgan fingerprint density at radius 3 is 2.89 bits per heavy atom. The van der Waals surface area contributed by atoms with E-state index in [0.29, 0.717) is 18.3 Å². The summed E-state index contributed by atoms with van der Waals surface area (Å²) in [6.45, 7) is 2.68. The Balaban J connectivity index is 1.70. The van der Waals surface area contributed by atoms with Crippen LogP contribution in [-0.4, -0.2) is 27.9 Å². The molecule has 0 amide bonds. The molecule has 3 aromatic rings. The van der Waals surface area contributed by atoms with Crippen molar-refractivity contribution in [3.8, 4) is 0 Å². The minimum Gasteiger partial charge on any atom is -0.465 e. The number of esters is 1. The van der Waals surface area contributed by atoms with Crippen LogP contribution in [0.5, 0.6) is 0 Å². The number of aromatic nitrogens is 2. The Kier molecular flexibility index (Phi) is 5.82. The van der Waals surface area contributed by atoms with Gasteiger partial charge in [-0.05, 0) is 43.7 Å². The molecule has 2 heterocycles.